The Hall–Kier alpha value is -0.910. The molecule has 4 nitrogen and oxygen atoms in total. The van der Waals surface area contributed by atoms with Crippen molar-refractivity contribution in [2.45, 2.75) is 46.1 Å². The van der Waals surface area contributed by atoms with Crippen LogP contribution in [-0.2, 0) is 12.8 Å². The van der Waals surface area contributed by atoms with Crippen molar-refractivity contribution in [1.82, 2.24) is 15.5 Å². The molecule has 6 heteroatoms. The Balaban J connectivity index is 0.00000200. The van der Waals surface area contributed by atoms with Gasteiger partial charge in [-0.3, -0.25) is 0 Å². The van der Waals surface area contributed by atoms with Gasteiger partial charge < -0.3 is 9.84 Å². The van der Waals surface area contributed by atoms with Gasteiger partial charge in [-0.25, -0.2) is 0 Å². The maximum absolute atomic E-state index is 5.36. The number of nitrogens with zero attached hydrogens (tertiary/aromatic N) is 2. The minimum atomic E-state index is 0. The second kappa shape index (κ2) is 7.76. The molecule has 0 spiro atoms. The number of aromatic nitrogens is 2. The summed E-state index contributed by atoms with van der Waals surface area (Å²) >= 11 is 1.73. The third kappa shape index (κ3) is 4.04. The van der Waals surface area contributed by atoms with Gasteiger partial charge in [-0.05, 0) is 38.9 Å². The number of hydrogen-bond acceptors (Lipinski definition) is 5. The van der Waals surface area contributed by atoms with Gasteiger partial charge in [0.15, 0.2) is 5.82 Å². The summed E-state index contributed by atoms with van der Waals surface area (Å²) in [6, 6.07) is 2.54. The number of nitrogens with one attached hydrogen (secondary N) is 1. The number of aryl methyl sites for hydroxylation is 2. The second-order valence-electron chi connectivity index (χ2n) is 4.85. The molecule has 0 aliphatic heterocycles. The molecule has 1 unspecified atom stereocenters. The molecule has 0 aliphatic rings. The number of likely N-dealkylation sites (N-methyl/N-ethyl adjacent to an activating group) is 1. The van der Waals surface area contributed by atoms with Gasteiger partial charge in [0, 0.05) is 17.3 Å². The molecule has 0 bridgehead atoms. The molecular weight excluding hydrogens is 294 g/mol. The Kier molecular flexibility index (Phi) is 6.65. The smallest absolute Gasteiger partial charge is 0.268 e. The van der Waals surface area contributed by atoms with E-state index >= 15 is 0 Å². The number of rotatable bonds is 6. The van der Waals surface area contributed by atoms with Crippen LogP contribution in [0.5, 0.6) is 0 Å². The number of hydrogen-bond donors (Lipinski definition) is 1. The summed E-state index contributed by atoms with van der Waals surface area (Å²) < 4.78 is 5.36. The molecule has 0 aromatic carbocycles. The topological polar surface area (TPSA) is 51.0 Å². The zero-order valence-electron chi connectivity index (χ0n) is 12.4. The van der Waals surface area contributed by atoms with Crippen LogP contribution >= 0.6 is 23.7 Å². The van der Waals surface area contributed by atoms with E-state index in [1.165, 1.54) is 10.4 Å². The first kappa shape index (κ1) is 17.1. The molecule has 0 amide bonds. The summed E-state index contributed by atoms with van der Waals surface area (Å²) in [4.78, 5) is 6.90. The van der Waals surface area contributed by atoms with Gasteiger partial charge in [-0.1, -0.05) is 18.5 Å². The average Bonchev–Trinajstić information content (AvgIpc) is 2.98. The predicted molar refractivity (Wildman–Crippen MR) is 85.8 cm³/mol. The van der Waals surface area contributed by atoms with Gasteiger partial charge in [-0.15, -0.1) is 23.7 Å². The summed E-state index contributed by atoms with van der Waals surface area (Å²) in [5.41, 5.74) is 1.39. The van der Waals surface area contributed by atoms with Crippen molar-refractivity contribution in [3.63, 3.8) is 0 Å². The lowest BCUT2D eigenvalue weighted by Gasteiger charge is -2.04. The highest BCUT2D eigenvalue weighted by Gasteiger charge is 2.14. The fourth-order valence-electron chi connectivity index (χ4n) is 1.96. The van der Waals surface area contributed by atoms with Crippen molar-refractivity contribution in [2.24, 2.45) is 0 Å². The van der Waals surface area contributed by atoms with E-state index < -0.39 is 0 Å². The third-order valence-electron chi connectivity index (χ3n) is 3.20. The lowest BCUT2D eigenvalue weighted by molar-refractivity contribution is 0.419. The van der Waals surface area contributed by atoms with Crippen LogP contribution < -0.4 is 5.32 Å². The zero-order valence-corrected chi connectivity index (χ0v) is 14.0. The molecular formula is C14H22ClN3OS. The monoisotopic (exact) mass is 315 g/mol. The van der Waals surface area contributed by atoms with E-state index in [1.807, 2.05) is 7.05 Å². The summed E-state index contributed by atoms with van der Waals surface area (Å²) in [6.07, 6.45) is 3.05. The van der Waals surface area contributed by atoms with E-state index in [0.29, 0.717) is 11.9 Å². The van der Waals surface area contributed by atoms with Crippen LogP contribution in [0.1, 0.15) is 36.5 Å². The fourth-order valence-corrected chi connectivity index (χ4v) is 2.95. The van der Waals surface area contributed by atoms with Crippen LogP contribution in [0.3, 0.4) is 0 Å². The summed E-state index contributed by atoms with van der Waals surface area (Å²) in [5, 5.41) is 7.22. The Bertz CT molecular complexity index is 538. The Morgan fingerprint density at radius 1 is 1.45 bits per heavy atom. The summed E-state index contributed by atoms with van der Waals surface area (Å²) in [6.45, 7) is 6.45. The Morgan fingerprint density at radius 2 is 2.20 bits per heavy atom. The van der Waals surface area contributed by atoms with Crippen molar-refractivity contribution in [3.05, 3.63) is 22.3 Å². The SMILES string of the molecule is CCCc1cc(-c2nc(CC(C)NC)no2)sc1C.Cl. The van der Waals surface area contributed by atoms with Crippen molar-refractivity contribution >= 4 is 23.7 Å². The lowest BCUT2D eigenvalue weighted by atomic mass is 10.1. The lowest BCUT2D eigenvalue weighted by Crippen LogP contribution is -2.24. The highest BCUT2D eigenvalue weighted by atomic mass is 35.5. The molecule has 0 saturated carbocycles. The average molecular weight is 316 g/mol. The highest BCUT2D eigenvalue weighted by Crippen LogP contribution is 2.30. The first-order chi connectivity index (χ1) is 9.13. The fraction of sp³-hybridized carbons (Fsp3) is 0.571. The van der Waals surface area contributed by atoms with E-state index in [0.717, 1.165) is 30.0 Å². The minimum Gasteiger partial charge on any atom is -0.333 e. The zero-order chi connectivity index (χ0) is 13.8. The maximum Gasteiger partial charge on any atom is 0.268 e. The first-order valence-electron chi connectivity index (χ1n) is 6.73. The third-order valence-corrected chi connectivity index (χ3v) is 4.28. The van der Waals surface area contributed by atoms with Gasteiger partial charge in [0.1, 0.15) is 0 Å². The molecule has 1 atom stereocenters. The molecule has 2 aromatic rings. The second-order valence-corrected chi connectivity index (χ2v) is 6.11. The standard InChI is InChI=1S/C14H21N3OS.ClH/c1-5-6-11-8-12(19-10(11)3)14-16-13(17-18-14)7-9(2)15-4;/h8-9,15H,5-7H2,1-4H3;1H. The van der Waals surface area contributed by atoms with Gasteiger partial charge in [0.05, 0.1) is 4.88 Å². The van der Waals surface area contributed by atoms with Crippen molar-refractivity contribution in [1.29, 1.82) is 0 Å². The van der Waals surface area contributed by atoms with Crippen LogP contribution in [0, 0.1) is 6.92 Å². The molecule has 2 rings (SSSR count). The van der Waals surface area contributed by atoms with Crippen molar-refractivity contribution < 1.29 is 4.52 Å². The molecule has 0 aliphatic carbocycles. The van der Waals surface area contributed by atoms with E-state index in [2.05, 4.69) is 42.3 Å². The van der Waals surface area contributed by atoms with Crippen LogP contribution in [0.15, 0.2) is 10.6 Å². The molecule has 0 saturated heterocycles. The molecule has 20 heavy (non-hydrogen) atoms. The predicted octanol–water partition coefficient (Wildman–Crippen LogP) is 3.63. The van der Waals surface area contributed by atoms with E-state index in [1.54, 1.807) is 11.3 Å². The van der Waals surface area contributed by atoms with Gasteiger partial charge in [-0.2, -0.15) is 4.98 Å². The molecule has 0 fully saturated rings. The van der Waals surface area contributed by atoms with Crippen LogP contribution in [0.2, 0.25) is 0 Å². The number of thiophene rings is 1. The Labute approximate surface area is 130 Å². The Morgan fingerprint density at radius 3 is 2.85 bits per heavy atom. The quantitative estimate of drug-likeness (QED) is 0.884. The van der Waals surface area contributed by atoms with E-state index in [-0.39, 0.29) is 12.4 Å². The molecule has 0 radical (unpaired) electrons. The van der Waals surface area contributed by atoms with E-state index in [9.17, 15) is 0 Å². The molecule has 2 aromatic heterocycles. The summed E-state index contributed by atoms with van der Waals surface area (Å²) in [5.74, 6) is 1.41. The normalized spacial score (nSPS) is 12.2. The highest BCUT2D eigenvalue weighted by molar-refractivity contribution is 7.15. The maximum atomic E-state index is 5.36. The van der Waals surface area contributed by atoms with Gasteiger partial charge in [0.25, 0.3) is 5.89 Å². The molecule has 112 valence electrons. The minimum absolute atomic E-state index is 0. The molecule has 1 N–H and O–H groups in total. The largest absolute Gasteiger partial charge is 0.333 e. The van der Waals surface area contributed by atoms with Crippen molar-refractivity contribution in [3.8, 4) is 10.8 Å². The van der Waals surface area contributed by atoms with Crippen LogP contribution in [0.4, 0.5) is 0 Å². The van der Waals surface area contributed by atoms with E-state index in [4.69, 9.17) is 4.52 Å². The number of halogens is 1. The van der Waals surface area contributed by atoms with Gasteiger partial charge >= 0.3 is 0 Å². The van der Waals surface area contributed by atoms with Crippen LogP contribution in [0.25, 0.3) is 10.8 Å². The first-order valence-corrected chi connectivity index (χ1v) is 7.55. The van der Waals surface area contributed by atoms with Crippen LogP contribution in [-0.4, -0.2) is 23.2 Å². The molecule has 2 heterocycles. The summed E-state index contributed by atoms with van der Waals surface area (Å²) in [7, 11) is 1.94. The van der Waals surface area contributed by atoms with Gasteiger partial charge in [0.2, 0.25) is 0 Å². The van der Waals surface area contributed by atoms with Crippen molar-refractivity contribution in [2.75, 3.05) is 7.05 Å².